The number of pyridine rings is 2. The van der Waals surface area contributed by atoms with Crippen molar-refractivity contribution in [3.8, 4) is 0 Å². The lowest BCUT2D eigenvalue weighted by molar-refractivity contribution is -0.145. The molecule has 9 heteroatoms. The number of carboxylic acid groups (broad SMARTS) is 1. The van der Waals surface area contributed by atoms with Crippen molar-refractivity contribution in [2.45, 2.75) is 32.2 Å². The second-order valence-corrected chi connectivity index (χ2v) is 10.1. The minimum absolute atomic E-state index is 0.133. The van der Waals surface area contributed by atoms with Gasteiger partial charge in [-0.25, -0.2) is 9.78 Å². The molecule has 3 aromatic rings. The summed E-state index contributed by atoms with van der Waals surface area (Å²) in [5, 5.41) is 15.6. The van der Waals surface area contributed by atoms with Crippen LogP contribution in [0.5, 0.6) is 0 Å². The monoisotopic (exact) mass is 518 g/mol. The molecule has 3 heterocycles. The molecule has 1 aliphatic heterocycles. The van der Waals surface area contributed by atoms with E-state index in [9.17, 15) is 14.7 Å². The maximum Gasteiger partial charge on any atom is 0.326 e. The Balaban J connectivity index is 1.38. The third-order valence-corrected chi connectivity index (χ3v) is 8.15. The number of ether oxygens (including phenoxy) is 1. The van der Waals surface area contributed by atoms with Gasteiger partial charge in [-0.1, -0.05) is 12.1 Å². The van der Waals surface area contributed by atoms with Crippen LogP contribution >= 0.6 is 11.8 Å². The van der Waals surface area contributed by atoms with Crippen LogP contribution in [0.15, 0.2) is 65.6 Å². The van der Waals surface area contributed by atoms with Crippen molar-refractivity contribution in [2.24, 2.45) is 5.41 Å². The molecule has 1 aliphatic carbocycles. The van der Waals surface area contributed by atoms with E-state index in [1.807, 2.05) is 54.5 Å². The molecule has 0 unspecified atom stereocenters. The van der Waals surface area contributed by atoms with Gasteiger partial charge < -0.3 is 20.1 Å². The SMILES string of the molecule is CCN(C1=C(SC)C(=O)C12CCOCC2)[C@@H](Cc1ccc(Nc2nccc3ccncc23)cc1)C(=O)O. The summed E-state index contributed by atoms with van der Waals surface area (Å²) in [5.74, 6) is -0.0496. The van der Waals surface area contributed by atoms with Crippen LogP contribution in [0.1, 0.15) is 25.3 Å². The lowest BCUT2D eigenvalue weighted by Crippen LogP contribution is -2.56. The fraction of sp³-hybridized carbons (Fsp3) is 0.357. The standard InChI is InChI=1S/C28H30N4O4S/c1-3-32(24-23(37-2)25(33)28(24)10-14-36-15-11-28)22(27(34)35)16-18-4-6-20(7-5-18)31-26-21-17-29-12-8-19(21)9-13-30-26/h4-9,12-13,17,22H,3,10-11,14-16H2,1-2H3,(H,30,31)(H,34,35)/t22-/m0/s1. The van der Waals surface area contributed by atoms with Gasteiger partial charge in [0.2, 0.25) is 0 Å². The summed E-state index contributed by atoms with van der Waals surface area (Å²) in [6.45, 7) is 3.49. The van der Waals surface area contributed by atoms with Gasteiger partial charge in [0, 0.05) is 61.5 Å². The Labute approximate surface area is 220 Å². The number of thioether (sulfide) groups is 1. The highest BCUT2D eigenvalue weighted by molar-refractivity contribution is 8.03. The van der Waals surface area contributed by atoms with Crippen molar-refractivity contribution < 1.29 is 19.4 Å². The van der Waals surface area contributed by atoms with Crippen molar-refractivity contribution in [3.63, 3.8) is 0 Å². The molecule has 2 N–H and O–H groups in total. The number of aromatic nitrogens is 2. The number of nitrogens with zero attached hydrogens (tertiary/aromatic N) is 3. The topological polar surface area (TPSA) is 105 Å². The van der Waals surface area contributed by atoms with Crippen LogP contribution in [-0.4, -0.2) is 63.8 Å². The molecule has 1 spiro atoms. The fourth-order valence-corrected chi connectivity index (χ4v) is 6.31. The zero-order valence-electron chi connectivity index (χ0n) is 20.9. The number of carbonyl (C=O) groups excluding carboxylic acids is 1. The Hall–Kier alpha value is -3.43. The smallest absolute Gasteiger partial charge is 0.326 e. The molecule has 1 atom stereocenters. The van der Waals surface area contributed by atoms with E-state index >= 15 is 0 Å². The maximum atomic E-state index is 13.1. The molecule has 2 aliphatic rings. The average Bonchev–Trinajstić information content (AvgIpc) is 2.93. The van der Waals surface area contributed by atoms with Crippen LogP contribution in [0.2, 0.25) is 0 Å². The van der Waals surface area contributed by atoms with E-state index in [-0.39, 0.29) is 5.78 Å². The predicted molar refractivity (Wildman–Crippen MR) is 145 cm³/mol. The van der Waals surface area contributed by atoms with Gasteiger partial charge in [0.1, 0.15) is 11.9 Å². The molecule has 1 fully saturated rings. The van der Waals surface area contributed by atoms with E-state index in [1.54, 1.807) is 18.6 Å². The van der Waals surface area contributed by atoms with Crippen LogP contribution in [0.25, 0.3) is 10.8 Å². The summed E-state index contributed by atoms with van der Waals surface area (Å²) in [5.41, 5.74) is 2.03. The van der Waals surface area contributed by atoms with Gasteiger partial charge in [-0.2, -0.15) is 0 Å². The molecule has 1 aromatic carbocycles. The Bertz CT molecular complexity index is 1350. The normalized spacial score (nSPS) is 17.5. The molecule has 0 radical (unpaired) electrons. The van der Waals surface area contributed by atoms with Gasteiger partial charge in [0.25, 0.3) is 0 Å². The molecule has 8 nitrogen and oxygen atoms in total. The van der Waals surface area contributed by atoms with E-state index in [0.717, 1.165) is 27.7 Å². The van der Waals surface area contributed by atoms with Gasteiger partial charge in [-0.3, -0.25) is 9.78 Å². The lowest BCUT2D eigenvalue weighted by Gasteiger charge is -2.51. The highest BCUT2D eigenvalue weighted by Gasteiger charge is 2.56. The Morgan fingerprint density at radius 3 is 2.59 bits per heavy atom. The fourth-order valence-electron chi connectivity index (χ4n) is 5.42. The van der Waals surface area contributed by atoms with E-state index in [4.69, 9.17) is 4.74 Å². The Morgan fingerprint density at radius 1 is 1.19 bits per heavy atom. The zero-order chi connectivity index (χ0) is 26.0. The first kappa shape index (κ1) is 25.2. The summed E-state index contributed by atoms with van der Waals surface area (Å²) in [6.07, 6.45) is 8.70. The number of rotatable bonds is 9. The predicted octanol–water partition coefficient (Wildman–Crippen LogP) is 4.65. The molecule has 0 bridgehead atoms. The molecular weight excluding hydrogens is 488 g/mol. The van der Waals surface area contributed by atoms with Gasteiger partial charge in [0.15, 0.2) is 5.78 Å². The molecule has 2 aromatic heterocycles. The van der Waals surface area contributed by atoms with Gasteiger partial charge >= 0.3 is 5.97 Å². The number of Topliss-reactive ketones (excluding diaryl/α,β-unsaturated/α-hetero) is 1. The van der Waals surface area contributed by atoms with Crippen molar-refractivity contribution in [1.29, 1.82) is 0 Å². The molecule has 192 valence electrons. The quantitative estimate of drug-likeness (QED) is 0.419. The van der Waals surface area contributed by atoms with Crippen LogP contribution in [-0.2, 0) is 20.7 Å². The maximum absolute atomic E-state index is 13.1. The van der Waals surface area contributed by atoms with E-state index in [1.165, 1.54) is 11.8 Å². The van der Waals surface area contributed by atoms with Crippen molar-refractivity contribution in [2.75, 3.05) is 31.3 Å². The number of benzene rings is 1. The number of nitrogens with one attached hydrogen (secondary N) is 1. The largest absolute Gasteiger partial charge is 0.480 e. The minimum atomic E-state index is -0.897. The number of allylic oxidation sites excluding steroid dienone is 2. The number of carbonyl (C=O) groups is 2. The van der Waals surface area contributed by atoms with Gasteiger partial charge in [0.05, 0.1) is 10.3 Å². The molecular formula is C28H30N4O4S. The number of hydrogen-bond acceptors (Lipinski definition) is 8. The summed E-state index contributed by atoms with van der Waals surface area (Å²) in [6, 6.07) is 10.8. The highest BCUT2D eigenvalue weighted by Crippen LogP contribution is 2.54. The number of anilines is 2. The third kappa shape index (κ3) is 4.57. The molecule has 0 amide bonds. The second kappa shape index (κ2) is 10.5. The summed E-state index contributed by atoms with van der Waals surface area (Å²) >= 11 is 1.41. The average molecular weight is 519 g/mol. The molecule has 5 rings (SSSR count). The Kier molecular flexibility index (Phi) is 7.17. The molecule has 0 saturated carbocycles. The number of ketones is 1. The number of fused-ring (bicyclic) bond motifs is 1. The van der Waals surface area contributed by atoms with Crippen molar-refractivity contribution in [1.82, 2.24) is 14.9 Å². The number of likely N-dealkylation sites (N-methyl/N-ethyl adjacent to an activating group) is 1. The molecule has 1 saturated heterocycles. The number of aliphatic carboxylic acids is 1. The van der Waals surface area contributed by atoms with Crippen molar-refractivity contribution in [3.05, 3.63) is 71.2 Å². The zero-order valence-corrected chi connectivity index (χ0v) is 21.8. The van der Waals surface area contributed by atoms with Crippen LogP contribution < -0.4 is 5.32 Å². The van der Waals surface area contributed by atoms with Gasteiger partial charge in [-0.15, -0.1) is 11.8 Å². The first-order valence-electron chi connectivity index (χ1n) is 12.4. The first-order valence-corrected chi connectivity index (χ1v) is 13.7. The van der Waals surface area contributed by atoms with E-state index in [0.29, 0.717) is 49.7 Å². The number of carboxylic acids is 1. The van der Waals surface area contributed by atoms with Crippen molar-refractivity contribution >= 4 is 45.8 Å². The summed E-state index contributed by atoms with van der Waals surface area (Å²) in [4.78, 5) is 36.9. The highest BCUT2D eigenvalue weighted by atomic mass is 32.2. The van der Waals surface area contributed by atoms with Crippen LogP contribution in [0.3, 0.4) is 0 Å². The minimum Gasteiger partial charge on any atom is -0.480 e. The number of hydrogen-bond donors (Lipinski definition) is 2. The Morgan fingerprint density at radius 2 is 1.92 bits per heavy atom. The van der Waals surface area contributed by atoms with E-state index < -0.39 is 17.4 Å². The second-order valence-electron chi connectivity index (χ2n) is 9.33. The lowest BCUT2D eigenvalue weighted by atomic mass is 9.65. The van der Waals surface area contributed by atoms with Gasteiger partial charge in [-0.05, 0) is 61.2 Å². The first-order chi connectivity index (χ1) is 18.0. The van der Waals surface area contributed by atoms with Crippen LogP contribution in [0.4, 0.5) is 11.5 Å². The van der Waals surface area contributed by atoms with E-state index in [2.05, 4.69) is 15.3 Å². The molecule has 37 heavy (non-hydrogen) atoms. The third-order valence-electron chi connectivity index (χ3n) is 7.36. The van der Waals surface area contributed by atoms with Crippen LogP contribution in [0, 0.1) is 5.41 Å². The summed E-state index contributed by atoms with van der Waals surface area (Å²) in [7, 11) is 0. The summed E-state index contributed by atoms with van der Waals surface area (Å²) < 4.78 is 5.53.